The second-order valence-electron chi connectivity index (χ2n) is 3.93. The fourth-order valence-corrected chi connectivity index (χ4v) is 2.24. The van der Waals surface area contributed by atoms with Crippen LogP contribution in [0, 0.1) is 0 Å². The van der Waals surface area contributed by atoms with Gasteiger partial charge >= 0.3 is 0 Å². The predicted octanol–water partition coefficient (Wildman–Crippen LogP) is 1.06. The molecule has 0 bridgehead atoms. The van der Waals surface area contributed by atoms with Gasteiger partial charge < -0.3 is 15.7 Å². The third-order valence-electron chi connectivity index (χ3n) is 2.85. The van der Waals surface area contributed by atoms with E-state index >= 15 is 0 Å². The summed E-state index contributed by atoms with van der Waals surface area (Å²) in [5.74, 6) is 0.842. The van der Waals surface area contributed by atoms with E-state index in [-0.39, 0.29) is 18.6 Å². The lowest BCUT2D eigenvalue weighted by molar-refractivity contribution is 0.239. The Morgan fingerprint density at radius 2 is 2.38 bits per heavy atom. The molecule has 2 heterocycles. The molecule has 6 heteroatoms. The quantitative estimate of drug-likeness (QED) is 0.811. The summed E-state index contributed by atoms with van der Waals surface area (Å²) in [6.07, 6.45) is 4.66. The Labute approximate surface area is 99.3 Å². The van der Waals surface area contributed by atoms with Gasteiger partial charge in [0.15, 0.2) is 5.82 Å². The minimum atomic E-state index is 0.0838. The number of piperidine rings is 1. The van der Waals surface area contributed by atoms with E-state index in [1.165, 1.54) is 6.20 Å². The van der Waals surface area contributed by atoms with Crippen LogP contribution in [0.4, 0.5) is 11.8 Å². The van der Waals surface area contributed by atoms with Gasteiger partial charge in [-0.1, -0.05) is 11.6 Å². The molecule has 1 saturated heterocycles. The zero-order valence-corrected chi connectivity index (χ0v) is 9.69. The summed E-state index contributed by atoms with van der Waals surface area (Å²) in [6.45, 7) is 0.960. The van der Waals surface area contributed by atoms with Crippen molar-refractivity contribution in [3.63, 3.8) is 0 Å². The molecule has 0 aliphatic carbocycles. The van der Waals surface area contributed by atoms with Crippen LogP contribution in [-0.2, 0) is 0 Å². The van der Waals surface area contributed by atoms with E-state index in [4.69, 9.17) is 17.3 Å². The maximum absolute atomic E-state index is 9.32. The molecule has 0 saturated carbocycles. The molecule has 1 atom stereocenters. The molecule has 0 aromatic carbocycles. The van der Waals surface area contributed by atoms with Crippen LogP contribution in [0.5, 0.6) is 0 Å². The van der Waals surface area contributed by atoms with Gasteiger partial charge in [-0.2, -0.15) is 4.98 Å². The van der Waals surface area contributed by atoms with Crippen LogP contribution < -0.4 is 10.6 Å². The molecule has 0 spiro atoms. The first kappa shape index (κ1) is 11.4. The molecule has 1 aliphatic heterocycles. The first-order chi connectivity index (χ1) is 7.72. The van der Waals surface area contributed by atoms with E-state index < -0.39 is 0 Å². The van der Waals surface area contributed by atoms with E-state index in [0.717, 1.165) is 25.8 Å². The number of hydrogen-bond acceptors (Lipinski definition) is 5. The van der Waals surface area contributed by atoms with E-state index in [9.17, 15) is 5.11 Å². The smallest absolute Gasteiger partial charge is 0.222 e. The first-order valence-corrected chi connectivity index (χ1v) is 5.75. The number of aliphatic hydroxyl groups excluding tert-OH is 1. The van der Waals surface area contributed by atoms with Crippen LogP contribution in [0.1, 0.15) is 19.3 Å². The molecule has 5 nitrogen and oxygen atoms in total. The highest BCUT2D eigenvalue weighted by atomic mass is 35.5. The maximum atomic E-state index is 9.32. The fraction of sp³-hybridized carbons (Fsp3) is 0.600. The Morgan fingerprint density at radius 1 is 1.56 bits per heavy atom. The molecule has 1 unspecified atom stereocenters. The molecular formula is C10H15ClN4O. The van der Waals surface area contributed by atoms with Gasteiger partial charge in [0.2, 0.25) is 5.95 Å². The van der Waals surface area contributed by atoms with Gasteiger partial charge in [-0.25, -0.2) is 4.98 Å². The summed E-state index contributed by atoms with van der Waals surface area (Å²) in [4.78, 5) is 9.99. The summed E-state index contributed by atoms with van der Waals surface area (Å²) < 4.78 is 0. The van der Waals surface area contributed by atoms with Crippen LogP contribution in [0.3, 0.4) is 0 Å². The number of anilines is 2. The number of rotatable bonds is 2. The van der Waals surface area contributed by atoms with E-state index in [1.807, 2.05) is 4.90 Å². The number of aromatic nitrogens is 2. The van der Waals surface area contributed by atoms with Crippen molar-refractivity contribution in [2.75, 3.05) is 23.8 Å². The molecule has 88 valence electrons. The summed E-state index contributed by atoms with van der Waals surface area (Å²) in [7, 11) is 0. The zero-order valence-electron chi connectivity index (χ0n) is 8.93. The van der Waals surface area contributed by atoms with Crippen molar-refractivity contribution in [1.82, 2.24) is 9.97 Å². The Kier molecular flexibility index (Phi) is 3.46. The number of halogens is 1. The molecular weight excluding hydrogens is 228 g/mol. The fourth-order valence-electron chi connectivity index (χ4n) is 2.04. The third kappa shape index (κ3) is 2.20. The Hall–Kier alpha value is -1.07. The molecule has 3 N–H and O–H groups in total. The van der Waals surface area contributed by atoms with Gasteiger partial charge in [0.05, 0.1) is 18.8 Å². The topological polar surface area (TPSA) is 75.3 Å². The minimum absolute atomic E-state index is 0.0838. The second-order valence-corrected chi connectivity index (χ2v) is 4.33. The Balaban J connectivity index is 2.30. The molecule has 1 fully saturated rings. The molecule has 0 amide bonds. The number of hydrogen-bond donors (Lipinski definition) is 2. The number of aliphatic hydroxyl groups is 1. The van der Waals surface area contributed by atoms with Crippen molar-refractivity contribution in [1.29, 1.82) is 0 Å². The van der Waals surface area contributed by atoms with Gasteiger partial charge in [0.25, 0.3) is 0 Å². The minimum Gasteiger partial charge on any atom is -0.394 e. The van der Waals surface area contributed by atoms with Crippen molar-refractivity contribution in [2.24, 2.45) is 0 Å². The standard InChI is InChI=1S/C10H15ClN4O/c11-8-5-13-10(12)14-9(8)15-4-2-1-3-7(15)6-16/h5,7,16H,1-4,6H2,(H2,12,13,14). The van der Waals surface area contributed by atoms with Gasteiger partial charge in [0, 0.05) is 6.54 Å². The molecule has 1 aliphatic rings. The molecule has 0 radical (unpaired) electrons. The lowest BCUT2D eigenvalue weighted by atomic mass is 10.0. The van der Waals surface area contributed by atoms with Crippen LogP contribution >= 0.6 is 11.6 Å². The molecule has 1 aromatic heterocycles. The van der Waals surface area contributed by atoms with Crippen molar-refractivity contribution >= 4 is 23.4 Å². The normalized spacial score (nSPS) is 21.1. The Morgan fingerprint density at radius 3 is 3.12 bits per heavy atom. The van der Waals surface area contributed by atoms with E-state index in [2.05, 4.69) is 9.97 Å². The molecule has 16 heavy (non-hydrogen) atoms. The van der Waals surface area contributed by atoms with Crippen molar-refractivity contribution in [3.8, 4) is 0 Å². The highest BCUT2D eigenvalue weighted by Crippen LogP contribution is 2.29. The SMILES string of the molecule is Nc1ncc(Cl)c(N2CCCCC2CO)n1. The van der Waals surface area contributed by atoms with Crippen molar-refractivity contribution in [3.05, 3.63) is 11.2 Å². The number of nitrogens with zero attached hydrogens (tertiary/aromatic N) is 3. The largest absolute Gasteiger partial charge is 0.394 e. The first-order valence-electron chi connectivity index (χ1n) is 5.38. The number of nitrogen functional groups attached to an aromatic ring is 1. The van der Waals surface area contributed by atoms with Crippen LogP contribution in [0.15, 0.2) is 6.20 Å². The maximum Gasteiger partial charge on any atom is 0.222 e. The lowest BCUT2D eigenvalue weighted by Gasteiger charge is -2.35. The Bertz CT molecular complexity index is 374. The van der Waals surface area contributed by atoms with Crippen molar-refractivity contribution < 1.29 is 5.11 Å². The van der Waals surface area contributed by atoms with Gasteiger partial charge in [-0.3, -0.25) is 0 Å². The predicted molar refractivity (Wildman–Crippen MR) is 63.5 cm³/mol. The van der Waals surface area contributed by atoms with E-state index in [0.29, 0.717) is 10.8 Å². The summed E-state index contributed by atoms with van der Waals surface area (Å²) in [5, 5.41) is 9.80. The van der Waals surface area contributed by atoms with Gasteiger partial charge in [0.1, 0.15) is 5.02 Å². The van der Waals surface area contributed by atoms with Gasteiger partial charge in [-0.15, -0.1) is 0 Å². The summed E-state index contributed by atoms with van der Waals surface area (Å²) >= 11 is 6.05. The molecule has 2 rings (SSSR count). The third-order valence-corrected chi connectivity index (χ3v) is 3.12. The summed E-state index contributed by atoms with van der Waals surface area (Å²) in [5.41, 5.74) is 5.55. The molecule has 1 aromatic rings. The highest BCUT2D eigenvalue weighted by molar-refractivity contribution is 6.32. The zero-order chi connectivity index (χ0) is 11.5. The average Bonchev–Trinajstić information content (AvgIpc) is 2.32. The van der Waals surface area contributed by atoms with Crippen LogP contribution in [0.2, 0.25) is 5.02 Å². The van der Waals surface area contributed by atoms with Crippen LogP contribution in [-0.4, -0.2) is 34.3 Å². The monoisotopic (exact) mass is 242 g/mol. The van der Waals surface area contributed by atoms with E-state index in [1.54, 1.807) is 0 Å². The lowest BCUT2D eigenvalue weighted by Crippen LogP contribution is -2.42. The highest BCUT2D eigenvalue weighted by Gasteiger charge is 2.24. The summed E-state index contributed by atoms with van der Waals surface area (Å²) in [6, 6.07) is 0.0838. The second kappa shape index (κ2) is 4.84. The van der Waals surface area contributed by atoms with Gasteiger partial charge in [-0.05, 0) is 19.3 Å². The number of nitrogens with two attached hydrogens (primary N) is 1. The van der Waals surface area contributed by atoms with Crippen LogP contribution in [0.25, 0.3) is 0 Å². The average molecular weight is 243 g/mol. The van der Waals surface area contributed by atoms with Crippen molar-refractivity contribution in [2.45, 2.75) is 25.3 Å².